The Hall–Kier alpha value is -1.48. The Morgan fingerprint density at radius 1 is 1.07 bits per heavy atom. The minimum absolute atomic E-state index is 0.536. The molecule has 0 unspecified atom stereocenters. The number of fused-ring (bicyclic) bond motifs is 1. The summed E-state index contributed by atoms with van der Waals surface area (Å²) in [6, 6.07) is 0.536. The molecule has 0 aliphatic carbocycles. The fourth-order valence-corrected chi connectivity index (χ4v) is 3.94. The first-order chi connectivity index (χ1) is 13.3. The summed E-state index contributed by atoms with van der Waals surface area (Å²) in [4.78, 5) is 16.7. The lowest BCUT2D eigenvalue weighted by Gasteiger charge is -2.35. The van der Waals surface area contributed by atoms with Gasteiger partial charge in [-0.1, -0.05) is 0 Å². The molecule has 0 saturated carbocycles. The number of nitrogens with zero attached hydrogens (tertiary/aromatic N) is 5. The van der Waals surface area contributed by atoms with Crippen LogP contribution in [-0.4, -0.2) is 99.0 Å². The van der Waals surface area contributed by atoms with Crippen LogP contribution in [0.3, 0.4) is 0 Å². The second-order valence-corrected chi connectivity index (χ2v) is 7.63. The third-order valence-corrected chi connectivity index (χ3v) is 5.65. The van der Waals surface area contributed by atoms with Crippen molar-refractivity contribution < 1.29 is 9.47 Å². The van der Waals surface area contributed by atoms with Gasteiger partial charge in [-0.2, -0.15) is 9.97 Å². The van der Waals surface area contributed by atoms with E-state index in [2.05, 4.69) is 27.1 Å². The molecule has 3 aliphatic rings. The van der Waals surface area contributed by atoms with Crippen molar-refractivity contribution in [2.75, 3.05) is 84.1 Å². The third-order valence-electron chi connectivity index (χ3n) is 5.65. The molecule has 4 rings (SSSR count). The van der Waals surface area contributed by atoms with Crippen molar-refractivity contribution in [2.45, 2.75) is 19.4 Å². The molecule has 0 aromatic carbocycles. The summed E-state index contributed by atoms with van der Waals surface area (Å²) in [6.07, 6.45) is 1.98. The average Bonchev–Trinajstić information content (AvgIpc) is 2.72. The Kier molecular flexibility index (Phi) is 6.39. The van der Waals surface area contributed by atoms with Crippen molar-refractivity contribution in [3.05, 3.63) is 11.3 Å². The van der Waals surface area contributed by atoms with Crippen LogP contribution < -0.4 is 15.0 Å². The van der Waals surface area contributed by atoms with E-state index in [1.807, 2.05) is 0 Å². The lowest BCUT2D eigenvalue weighted by molar-refractivity contribution is 0.0356. The summed E-state index contributed by atoms with van der Waals surface area (Å²) in [7, 11) is 2.18. The largest absolute Gasteiger partial charge is 0.463 e. The minimum Gasteiger partial charge on any atom is -0.463 e. The van der Waals surface area contributed by atoms with E-state index in [1.165, 1.54) is 5.56 Å². The molecule has 1 aromatic rings. The van der Waals surface area contributed by atoms with E-state index in [4.69, 9.17) is 19.4 Å². The molecular weight excluding hydrogens is 344 g/mol. The van der Waals surface area contributed by atoms with E-state index in [0.29, 0.717) is 12.6 Å². The molecular formula is C19H32N6O2. The molecule has 0 bridgehead atoms. The number of nitrogens with one attached hydrogen (secondary N) is 1. The van der Waals surface area contributed by atoms with Gasteiger partial charge in [-0.15, -0.1) is 0 Å². The van der Waals surface area contributed by atoms with Gasteiger partial charge in [-0.05, 0) is 26.4 Å². The monoisotopic (exact) mass is 376 g/mol. The van der Waals surface area contributed by atoms with Gasteiger partial charge in [0, 0.05) is 57.9 Å². The van der Waals surface area contributed by atoms with Crippen LogP contribution in [0, 0.1) is 0 Å². The Balaban J connectivity index is 1.39. The van der Waals surface area contributed by atoms with Crippen molar-refractivity contribution in [3.63, 3.8) is 0 Å². The number of likely N-dealkylation sites (N-methyl/N-ethyl adjacent to an activating group) is 1. The van der Waals surface area contributed by atoms with Crippen LogP contribution in [0.5, 0.6) is 6.01 Å². The zero-order valence-corrected chi connectivity index (χ0v) is 16.5. The van der Waals surface area contributed by atoms with E-state index in [0.717, 1.165) is 96.5 Å². The number of aromatic nitrogens is 2. The molecule has 0 spiro atoms. The smallest absolute Gasteiger partial charge is 0.318 e. The van der Waals surface area contributed by atoms with Crippen LogP contribution in [0.4, 0.5) is 5.82 Å². The van der Waals surface area contributed by atoms with Gasteiger partial charge >= 0.3 is 6.01 Å². The minimum atomic E-state index is 0.536. The molecule has 8 nitrogen and oxygen atoms in total. The van der Waals surface area contributed by atoms with Crippen molar-refractivity contribution in [1.29, 1.82) is 0 Å². The Morgan fingerprint density at radius 3 is 2.70 bits per heavy atom. The highest BCUT2D eigenvalue weighted by molar-refractivity contribution is 5.51. The fourth-order valence-electron chi connectivity index (χ4n) is 3.94. The first kappa shape index (κ1) is 18.9. The van der Waals surface area contributed by atoms with Crippen molar-refractivity contribution in [3.8, 4) is 6.01 Å². The topological polar surface area (TPSA) is 66.0 Å². The summed E-state index contributed by atoms with van der Waals surface area (Å²) in [6.45, 7) is 11.4. The van der Waals surface area contributed by atoms with E-state index >= 15 is 0 Å². The molecule has 150 valence electrons. The maximum atomic E-state index is 5.97. The molecule has 0 radical (unpaired) electrons. The zero-order valence-electron chi connectivity index (χ0n) is 16.5. The van der Waals surface area contributed by atoms with Crippen molar-refractivity contribution in [2.24, 2.45) is 0 Å². The van der Waals surface area contributed by atoms with Gasteiger partial charge in [0.25, 0.3) is 0 Å². The van der Waals surface area contributed by atoms with Gasteiger partial charge < -0.3 is 24.6 Å². The van der Waals surface area contributed by atoms with Gasteiger partial charge in [0.2, 0.25) is 0 Å². The van der Waals surface area contributed by atoms with Crippen LogP contribution in [-0.2, 0) is 17.7 Å². The van der Waals surface area contributed by atoms with Gasteiger partial charge in [-0.25, -0.2) is 0 Å². The van der Waals surface area contributed by atoms with Crippen molar-refractivity contribution in [1.82, 2.24) is 25.1 Å². The lowest BCUT2D eigenvalue weighted by atomic mass is 10.1. The maximum Gasteiger partial charge on any atom is 0.318 e. The summed E-state index contributed by atoms with van der Waals surface area (Å²) in [5.41, 5.74) is 2.41. The molecule has 8 heteroatoms. The number of rotatable bonds is 6. The summed E-state index contributed by atoms with van der Waals surface area (Å²) in [5, 5.41) is 3.42. The molecule has 2 saturated heterocycles. The molecule has 0 atom stereocenters. The highest BCUT2D eigenvalue weighted by atomic mass is 16.5. The summed E-state index contributed by atoms with van der Waals surface area (Å²) in [5.74, 6) is 1.10. The zero-order chi connectivity index (χ0) is 18.5. The Morgan fingerprint density at radius 2 is 1.89 bits per heavy atom. The van der Waals surface area contributed by atoms with Crippen molar-refractivity contribution >= 4 is 5.82 Å². The second-order valence-electron chi connectivity index (χ2n) is 7.63. The standard InChI is InChI=1S/C19H32N6O2/c1-23-6-8-25(9-7-23)18-16-3-4-20-15-17(16)21-19(22-18)27-12-2-5-24-10-13-26-14-11-24/h20H,2-15H2,1H3. The quantitative estimate of drug-likeness (QED) is 0.695. The normalized spacial score (nSPS) is 21.9. The Bertz CT molecular complexity index is 614. The second kappa shape index (κ2) is 9.14. The van der Waals surface area contributed by atoms with Crippen LogP contribution in [0.1, 0.15) is 17.7 Å². The summed E-state index contributed by atoms with van der Waals surface area (Å²) >= 11 is 0. The van der Waals surface area contributed by atoms with Gasteiger partial charge in [-0.3, -0.25) is 4.90 Å². The van der Waals surface area contributed by atoms with E-state index in [9.17, 15) is 0 Å². The highest BCUT2D eigenvalue weighted by Gasteiger charge is 2.24. The van der Waals surface area contributed by atoms with Crippen LogP contribution in [0.15, 0.2) is 0 Å². The molecule has 1 N–H and O–H groups in total. The number of ether oxygens (including phenoxy) is 2. The third kappa shape index (κ3) is 4.87. The van der Waals surface area contributed by atoms with E-state index < -0.39 is 0 Å². The van der Waals surface area contributed by atoms with Crippen LogP contribution in [0.2, 0.25) is 0 Å². The number of morpholine rings is 1. The van der Waals surface area contributed by atoms with Gasteiger partial charge in [0.05, 0.1) is 25.5 Å². The molecule has 0 amide bonds. The summed E-state index contributed by atoms with van der Waals surface area (Å²) < 4.78 is 11.4. The predicted molar refractivity (Wildman–Crippen MR) is 105 cm³/mol. The van der Waals surface area contributed by atoms with E-state index in [-0.39, 0.29) is 0 Å². The van der Waals surface area contributed by atoms with Gasteiger partial charge in [0.1, 0.15) is 5.82 Å². The predicted octanol–water partition coefficient (Wildman–Crippen LogP) is -0.0248. The maximum absolute atomic E-state index is 5.97. The number of piperazine rings is 1. The molecule has 1 aromatic heterocycles. The Labute approximate surface area is 161 Å². The van der Waals surface area contributed by atoms with Gasteiger partial charge in [0.15, 0.2) is 0 Å². The first-order valence-electron chi connectivity index (χ1n) is 10.3. The molecule has 4 heterocycles. The SMILES string of the molecule is CN1CCN(c2nc(OCCCN3CCOCC3)nc3c2CCNC3)CC1. The first-order valence-corrected chi connectivity index (χ1v) is 10.3. The molecule has 3 aliphatic heterocycles. The van der Waals surface area contributed by atoms with E-state index in [1.54, 1.807) is 0 Å². The lowest BCUT2D eigenvalue weighted by Crippen LogP contribution is -2.45. The fraction of sp³-hybridized carbons (Fsp3) is 0.789. The van der Waals surface area contributed by atoms with Crippen LogP contribution >= 0.6 is 0 Å². The number of hydrogen-bond donors (Lipinski definition) is 1. The average molecular weight is 377 g/mol. The molecule has 2 fully saturated rings. The number of hydrogen-bond acceptors (Lipinski definition) is 8. The van der Waals surface area contributed by atoms with Crippen LogP contribution in [0.25, 0.3) is 0 Å². The molecule has 27 heavy (non-hydrogen) atoms. The number of anilines is 1. The highest BCUT2D eigenvalue weighted by Crippen LogP contribution is 2.27.